The Morgan fingerprint density at radius 1 is 0.750 bits per heavy atom. The van der Waals surface area contributed by atoms with Crippen LogP contribution < -0.4 is 0 Å². The van der Waals surface area contributed by atoms with Crippen molar-refractivity contribution in [1.29, 1.82) is 0 Å². The van der Waals surface area contributed by atoms with Crippen LogP contribution >= 0.6 is 11.6 Å². The van der Waals surface area contributed by atoms with Crippen LogP contribution in [0.1, 0.15) is 22.6 Å². The van der Waals surface area contributed by atoms with Gasteiger partial charge in [0.1, 0.15) is 0 Å². The van der Waals surface area contributed by atoms with Gasteiger partial charge in [0.05, 0.1) is 10.5 Å². The zero-order valence-electron chi connectivity index (χ0n) is 12.9. The summed E-state index contributed by atoms with van der Waals surface area (Å²) in [5.41, 5.74) is 7.33. The highest BCUT2D eigenvalue weighted by Gasteiger charge is 2.31. The van der Waals surface area contributed by atoms with Crippen LogP contribution in [0.25, 0.3) is 22.0 Å². The van der Waals surface area contributed by atoms with Gasteiger partial charge in [0.2, 0.25) is 0 Å². The lowest BCUT2D eigenvalue weighted by atomic mass is 9.90. The summed E-state index contributed by atoms with van der Waals surface area (Å²) in [5.74, 6) is 0.230. The summed E-state index contributed by atoms with van der Waals surface area (Å²) in [6, 6.07) is 25.3. The van der Waals surface area contributed by atoms with Crippen molar-refractivity contribution in [2.24, 2.45) is 0 Å². The van der Waals surface area contributed by atoms with E-state index in [4.69, 9.17) is 11.6 Å². The van der Waals surface area contributed by atoms with E-state index in [2.05, 4.69) is 65.6 Å². The average molecular weight is 328 g/mol. The number of halogens is 1. The molecule has 4 aromatic rings. The van der Waals surface area contributed by atoms with E-state index >= 15 is 0 Å². The number of nitrogens with zero attached hydrogens (tertiary/aromatic N) is 1. The van der Waals surface area contributed by atoms with Gasteiger partial charge in [-0.2, -0.15) is 0 Å². The molecule has 0 fully saturated rings. The highest BCUT2D eigenvalue weighted by molar-refractivity contribution is 6.35. The molecule has 24 heavy (non-hydrogen) atoms. The van der Waals surface area contributed by atoms with Gasteiger partial charge < -0.3 is 0 Å². The third kappa shape index (κ3) is 1.85. The van der Waals surface area contributed by atoms with Gasteiger partial charge in [-0.3, -0.25) is 4.98 Å². The number of fused-ring (bicyclic) bond motifs is 5. The fourth-order valence-corrected chi connectivity index (χ4v) is 4.09. The lowest BCUT2D eigenvalue weighted by molar-refractivity contribution is 1.01. The maximum Gasteiger partial charge on any atom is 0.0894 e. The smallest absolute Gasteiger partial charge is 0.0894 e. The van der Waals surface area contributed by atoms with E-state index in [-0.39, 0.29) is 5.92 Å². The first kappa shape index (κ1) is 13.8. The van der Waals surface area contributed by atoms with Crippen LogP contribution in [0.2, 0.25) is 5.02 Å². The minimum atomic E-state index is 0.230. The third-order valence-corrected chi connectivity index (χ3v) is 5.17. The highest BCUT2D eigenvalue weighted by atomic mass is 35.5. The summed E-state index contributed by atoms with van der Waals surface area (Å²) in [7, 11) is 0. The molecule has 3 aromatic carbocycles. The van der Waals surface area contributed by atoms with Crippen molar-refractivity contribution >= 4 is 22.5 Å². The van der Waals surface area contributed by atoms with E-state index in [1.165, 1.54) is 27.8 Å². The van der Waals surface area contributed by atoms with Gasteiger partial charge in [-0.05, 0) is 33.9 Å². The van der Waals surface area contributed by atoms with Crippen LogP contribution in [0.5, 0.6) is 0 Å². The minimum absolute atomic E-state index is 0.230. The molecule has 0 unspecified atom stereocenters. The van der Waals surface area contributed by atoms with Crippen LogP contribution in [-0.2, 0) is 0 Å². The van der Waals surface area contributed by atoms with E-state index < -0.39 is 0 Å². The predicted molar refractivity (Wildman–Crippen MR) is 99.6 cm³/mol. The standard InChI is InChI=1S/C22H14ClN/c23-19-12-6-11-17-21-16-10-5-4-9-15(16)20(14-7-2-1-3-8-14)18(21)13-24-22(17)19/h1-13,20H/t20-/m0/s1. The number of rotatable bonds is 1. The molecule has 1 nitrogen and oxygen atoms in total. The van der Waals surface area contributed by atoms with Gasteiger partial charge in [-0.25, -0.2) is 0 Å². The van der Waals surface area contributed by atoms with Gasteiger partial charge >= 0.3 is 0 Å². The summed E-state index contributed by atoms with van der Waals surface area (Å²) in [5, 5.41) is 1.84. The van der Waals surface area contributed by atoms with Gasteiger partial charge in [0.25, 0.3) is 0 Å². The average Bonchev–Trinajstić information content (AvgIpc) is 2.97. The number of aromatic nitrogens is 1. The molecule has 0 spiro atoms. The Balaban J connectivity index is 1.90. The second-order valence-corrected chi connectivity index (χ2v) is 6.56. The molecule has 1 atom stereocenters. The molecule has 0 N–H and O–H groups in total. The molecule has 114 valence electrons. The lowest BCUT2D eigenvalue weighted by Gasteiger charge is -2.14. The Bertz CT molecular complexity index is 1070. The van der Waals surface area contributed by atoms with Crippen molar-refractivity contribution in [2.45, 2.75) is 5.92 Å². The van der Waals surface area contributed by atoms with E-state index in [0.717, 1.165) is 10.9 Å². The van der Waals surface area contributed by atoms with Crippen LogP contribution in [-0.4, -0.2) is 4.98 Å². The predicted octanol–water partition coefficient (Wildman–Crippen LogP) is 6.05. The molecule has 1 heterocycles. The fourth-order valence-electron chi connectivity index (χ4n) is 3.87. The van der Waals surface area contributed by atoms with Crippen molar-refractivity contribution in [2.75, 3.05) is 0 Å². The number of pyridine rings is 1. The van der Waals surface area contributed by atoms with Gasteiger partial charge in [-0.15, -0.1) is 0 Å². The maximum atomic E-state index is 6.38. The van der Waals surface area contributed by atoms with E-state index in [1.807, 2.05) is 18.3 Å². The molecule has 0 bridgehead atoms. The fraction of sp³-hybridized carbons (Fsp3) is 0.0455. The van der Waals surface area contributed by atoms with Gasteiger partial charge in [0.15, 0.2) is 0 Å². The molecule has 1 aromatic heterocycles. The lowest BCUT2D eigenvalue weighted by Crippen LogP contribution is -1.99. The van der Waals surface area contributed by atoms with Crippen LogP contribution in [0.4, 0.5) is 0 Å². The zero-order chi connectivity index (χ0) is 16.1. The largest absolute Gasteiger partial charge is 0.254 e. The summed E-state index contributed by atoms with van der Waals surface area (Å²) in [4.78, 5) is 4.68. The van der Waals surface area contributed by atoms with Crippen LogP contribution in [0, 0.1) is 0 Å². The van der Waals surface area contributed by atoms with E-state index in [9.17, 15) is 0 Å². The summed E-state index contributed by atoms with van der Waals surface area (Å²) in [6.07, 6.45) is 2.00. The minimum Gasteiger partial charge on any atom is -0.254 e. The summed E-state index contributed by atoms with van der Waals surface area (Å²) < 4.78 is 0. The van der Waals surface area contributed by atoms with Gasteiger partial charge in [-0.1, -0.05) is 78.3 Å². The number of para-hydroxylation sites is 1. The molecule has 0 radical (unpaired) electrons. The molecule has 0 saturated heterocycles. The number of hydrogen-bond donors (Lipinski definition) is 0. The third-order valence-electron chi connectivity index (χ3n) is 4.86. The Morgan fingerprint density at radius 3 is 2.42 bits per heavy atom. The van der Waals surface area contributed by atoms with Crippen molar-refractivity contribution in [3.05, 3.63) is 101 Å². The van der Waals surface area contributed by atoms with Crippen molar-refractivity contribution in [1.82, 2.24) is 4.98 Å². The topological polar surface area (TPSA) is 12.9 Å². The Hall–Kier alpha value is -2.64. The quantitative estimate of drug-likeness (QED) is 0.365. The van der Waals surface area contributed by atoms with Crippen molar-refractivity contribution in [3.63, 3.8) is 0 Å². The first-order valence-electron chi connectivity index (χ1n) is 8.06. The molecule has 0 amide bonds. The number of hydrogen-bond acceptors (Lipinski definition) is 1. The Kier molecular flexibility index (Phi) is 2.97. The molecule has 0 aliphatic heterocycles. The molecular formula is C22H14ClN. The first-order valence-corrected chi connectivity index (χ1v) is 8.44. The molecule has 0 saturated carbocycles. The maximum absolute atomic E-state index is 6.38. The summed E-state index contributed by atoms with van der Waals surface area (Å²) >= 11 is 6.38. The molecule has 2 heteroatoms. The van der Waals surface area contributed by atoms with Crippen molar-refractivity contribution < 1.29 is 0 Å². The Labute approximate surface area is 145 Å². The summed E-state index contributed by atoms with van der Waals surface area (Å²) in [6.45, 7) is 0. The SMILES string of the molecule is Clc1cccc2c3c(cnc12)[C@@H](c1ccccc1)c1ccccc1-3. The highest BCUT2D eigenvalue weighted by Crippen LogP contribution is 2.50. The monoisotopic (exact) mass is 327 g/mol. The van der Waals surface area contributed by atoms with Crippen molar-refractivity contribution in [3.8, 4) is 11.1 Å². The first-order chi connectivity index (χ1) is 11.8. The Morgan fingerprint density at radius 2 is 1.54 bits per heavy atom. The van der Waals surface area contributed by atoms with Crippen LogP contribution in [0.3, 0.4) is 0 Å². The second kappa shape index (κ2) is 5.19. The molecular weight excluding hydrogens is 314 g/mol. The normalized spacial score (nSPS) is 15.3. The molecule has 1 aliphatic rings. The molecule has 5 rings (SSSR count). The van der Waals surface area contributed by atoms with Crippen LogP contribution in [0.15, 0.2) is 79.0 Å². The van der Waals surface area contributed by atoms with Gasteiger partial charge in [0, 0.05) is 17.5 Å². The number of benzene rings is 3. The molecule has 1 aliphatic carbocycles. The zero-order valence-corrected chi connectivity index (χ0v) is 13.7. The van der Waals surface area contributed by atoms with E-state index in [0.29, 0.717) is 5.02 Å². The second-order valence-electron chi connectivity index (χ2n) is 6.16. The van der Waals surface area contributed by atoms with E-state index in [1.54, 1.807) is 0 Å².